The Balaban J connectivity index is 1.54. The Morgan fingerprint density at radius 1 is 1.18 bits per heavy atom. The number of halogens is 3. The molecule has 11 heteroatoms. The highest BCUT2D eigenvalue weighted by atomic mass is 79.9. The minimum atomic E-state index is -1.43. The van der Waals surface area contributed by atoms with E-state index in [1.54, 1.807) is 66.5 Å². The molecule has 0 aromatic heterocycles. The molecule has 1 fully saturated rings. The molecule has 3 aromatic rings. The number of nitrogens with zero attached hydrogens (tertiary/aromatic N) is 2. The lowest BCUT2D eigenvalue weighted by Crippen LogP contribution is -2.54. The van der Waals surface area contributed by atoms with E-state index in [0.29, 0.717) is 56.0 Å². The predicted molar refractivity (Wildman–Crippen MR) is 149 cm³/mol. The molecular formula is C27H24BrCl2N3O5. The monoisotopic (exact) mass is 619 g/mol. The number of ether oxygens (including phenoxy) is 2. The first-order chi connectivity index (χ1) is 18.2. The van der Waals surface area contributed by atoms with Crippen LogP contribution < -0.4 is 14.8 Å². The Hall–Kier alpha value is -2.85. The molecule has 5 rings (SSSR count). The normalized spacial score (nSPS) is 22.4. The van der Waals surface area contributed by atoms with Gasteiger partial charge in [-0.15, -0.1) is 0 Å². The highest BCUT2D eigenvalue weighted by Gasteiger charge is 2.68. The first kappa shape index (κ1) is 26.7. The summed E-state index contributed by atoms with van der Waals surface area (Å²) in [6.07, 6.45) is 0. The number of likely N-dealkylation sites (N-methyl/N-ethyl adjacent to an activating group) is 1. The molecule has 1 N–H and O–H groups in total. The second kappa shape index (κ2) is 10.4. The van der Waals surface area contributed by atoms with E-state index in [1.807, 2.05) is 6.92 Å². The summed E-state index contributed by atoms with van der Waals surface area (Å²) in [7, 11) is 1.75. The molecule has 0 saturated carbocycles. The lowest BCUT2D eigenvalue weighted by molar-refractivity contribution is -0.534. The van der Waals surface area contributed by atoms with Crippen LogP contribution in [-0.2, 0) is 16.9 Å². The number of benzene rings is 3. The van der Waals surface area contributed by atoms with E-state index < -0.39 is 23.4 Å². The SMILES string of the molecule is CCOc1cc([C@@H]2CN(C)[C@]3(C(=O)Nc4ccccc43)[C@H]2[N+](=O)[O-])cc(Br)c1OCc1ccc(Cl)cc1Cl. The number of para-hydroxylation sites is 1. The summed E-state index contributed by atoms with van der Waals surface area (Å²) in [5, 5.41) is 16.5. The average molecular weight is 621 g/mol. The lowest BCUT2D eigenvalue weighted by Gasteiger charge is -2.30. The molecular weight excluding hydrogens is 597 g/mol. The van der Waals surface area contributed by atoms with Gasteiger partial charge in [-0.1, -0.05) is 47.5 Å². The van der Waals surface area contributed by atoms with Crippen LogP contribution in [0.2, 0.25) is 10.0 Å². The van der Waals surface area contributed by atoms with E-state index in [2.05, 4.69) is 21.2 Å². The van der Waals surface area contributed by atoms with Crippen LogP contribution in [0.4, 0.5) is 5.69 Å². The molecule has 38 heavy (non-hydrogen) atoms. The van der Waals surface area contributed by atoms with Gasteiger partial charge in [0, 0.05) is 38.3 Å². The third-order valence-electron chi connectivity index (χ3n) is 7.19. The first-order valence-corrected chi connectivity index (χ1v) is 13.5. The van der Waals surface area contributed by atoms with Crippen molar-refractivity contribution < 1.29 is 19.2 Å². The molecule has 1 amide bonds. The van der Waals surface area contributed by atoms with E-state index in [4.69, 9.17) is 32.7 Å². The number of fused-ring (bicyclic) bond motifs is 2. The van der Waals surface area contributed by atoms with Gasteiger partial charge >= 0.3 is 0 Å². The summed E-state index contributed by atoms with van der Waals surface area (Å²) >= 11 is 15.9. The van der Waals surface area contributed by atoms with Gasteiger partial charge in [0.15, 0.2) is 17.0 Å². The minimum absolute atomic E-state index is 0.164. The second-order valence-electron chi connectivity index (χ2n) is 9.27. The van der Waals surface area contributed by atoms with Crippen LogP contribution in [0.5, 0.6) is 11.5 Å². The van der Waals surface area contributed by atoms with Crippen molar-refractivity contribution in [3.63, 3.8) is 0 Å². The van der Waals surface area contributed by atoms with E-state index >= 15 is 0 Å². The molecule has 2 aliphatic rings. The predicted octanol–water partition coefficient (Wildman–Crippen LogP) is 6.26. The fourth-order valence-corrected chi connectivity index (χ4v) is 6.61. The number of hydrogen-bond acceptors (Lipinski definition) is 6. The number of amides is 1. The van der Waals surface area contributed by atoms with Gasteiger partial charge in [0.2, 0.25) is 0 Å². The van der Waals surface area contributed by atoms with E-state index in [0.717, 1.165) is 5.56 Å². The molecule has 1 spiro atoms. The van der Waals surface area contributed by atoms with Gasteiger partial charge in [-0.3, -0.25) is 19.8 Å². The number of likely N-dealkylation sites (tertiary alicyclic amines) is 1. The van der Waals surface area contributed by atoms with Gasteiger partial charge in [0.05, 0.1) is 17.0 Å². The molecule has 198 valence electrons. The molecule has 2 heterocycles. The molecule has 0 radical (unpaired) electrons. The Morgan fingerprint density at radius 3 is 2.66 bits per heavy atom. The summed E-state index contributed by atoms with van der Waals surface area (Å²) in [6, 6.07) is 14.6. The van der Waals surface area contributed by atoms with Gasteiger partial charge < -0.3 is 14.8 Å². The van der Waals surface area contributed by atoms with Crippen molar-refractivity contribution in [2.24, 2.45) is 0 Å². The molecule has 2 aliphatic heterocycles. The number of carbonyl (C=O) groups is 1. The summed E-state index contributed by atoms with van der Waals surface area (Å²) in [5.74, 6) is -0.107. The maximum atomic E-state index is 13.4. The van der Waals surface area contributed by atoms with E-state index in [-0.39, 0.29) is 11.5 Å². The maximum absolute atomic E-state index is 13.4. The lowest BCUT2D eigenvalue weighted by atomic mass is 9.79. The fourth-order valence-electron chi connectivity index (χ4n) is 5.57. The Morgan fingerprint density at radius 2 is 1.95 bits per heavy atom. The Bertz CT molecular complexity index is 1440. The number of nitro groups is 1. The highest BCUT2D eigenvalue weighted by molar-refractivity contribution is 9.10. The van der Waals surface area contributed by atoms with Crippen LogP contribution >= 0.6 is 39.1 Å². The summed E-state index contributed by atoms with van der Waals surface area (Å²) < 4.78 is 12.6. The Kier molecular flexibility index (Phi) is 7.30. The highest BCUT2D eigenvalue weighted by Crippen LogP contribution is 2.53. The van der Waals surface area contributed by atoms with Crippen molar-refractivity contribution in [1.82, 2.24) is 4.90 Å². The molecule has 0 aliphatic carbocycles. The molecule has 3 aromatic carbocycles. The van der Waals surface area contributed by atoms with Crippen LogP contribution in [0, 0.1) is 10.1 Å². The van der Waals surface area contributed by atoms with E-state index in [1.165, 1.54) is 0 Å². The van der Waals surface area contributed by atoms with Crippen molar-refractivity contribution in [3.05, 3.63) is 95.9 Å². The zero-order valence-electron chi connectivity index (χ0n) is 20.5. The first-order valence-electron chi connectivity index (χ1n) is 12.0. The number of hydrogen-bond donors (Lipinski definition) is 1. The molecule has 0 bridgehead atoms. The fraction of sp³-hybridized carbons (Fsp3) is 0.296. The number of nitrogens with one attached hydrogen (secondary N) is 1. The maximum Gasteiger partial charge on any atom is 0.256 e. The van der Waals surface area contributed by atoms with Gasteiger partial charge in [-0.25, -0.2) is 0 Å². The molecule has 1 saturated heterocycles. The molecule has 3 atom stereocenters. The summed E-state index contributed by atoms with van der Waals surface area (Å²) in [4.78, 5) is 27.5. The summed E-state index contributed by atoms with van der Waals surface area (Å²) in [5.41, 5.74) is 1.19. The van der Waals surface area contributed by atoms with Crippen molar-refractivity contribution in [2.75, 3.05) is 25.5 Å². The van der Waals surface area contributed by atoms with Crippen LogP contribution in [0.1, 0.15) is 29.5 Å². The average Bonchev–Trinajstić information content (AvgIpc) is 3.34. The van der Waals surface area contributed by atoms with Gasteiger partial charge in [-0.05, 0) is 65.8 Å². The number of carbonyl (C=O) groups excluding carboxylic acids is 1. The minimum Gasteiger partial charge on any atom is -0.490 e. The van der Waals surface area contributed by atoms with Crippen LogP contribution in [0.15, 0.2) is 59.1 Å². The molecule has 0 unspecified atom stereocenters. The molecule has 8 nitrogen and oxygen atoms in total. The zero-order valence-corrected chi connectivity index (χ0v) is 23.6. The quantitative estimate of drug-likeness (QED) is 0.248. The van der Waals surface area contributed by atoms with Gasteiger partial charge in [0.1, 0.15) is 6.61 Å². The van der Waals surface area contributed by atoms with Crippen LogP contribution in [-0.4, -0.2) is 42.0 Å². The van der Waals surface area contributed by atoms with Crippen molar-refractivity contribution in [2.45, 2.75) is 31.0 Å². The van der Waals surface area contributed by atoms with Crippen molar-refractivity contribution >= 4 is 50.7 Å². The van der Waals surface area contributed by atoms with Crippen LogP contribution in [0.3, 0.4) is 0 Å². The largest absolute Gasteiger partial charge is 0.490 e. The van der Waals surface area contributed by atoms with Crippen molar-refractivity contribution in [3.8, 4) is 11.5 Å². The summed E-state index contributed by atoms with van der Waals surface area (Å²) in [6.45, 7) is 2.67. The third-order valence-corrected chi connectivity index (χ3v) is 8.36. The number of rotatable bonds is 7. The van der Waals surface area contributed by atoms with Gasteiger partial charge in [0.25, 0.3) is 11.9 Å². The Labute approximate surface area is 238 Å². The van der Waals surface area contributed by atoms with Crippen LogP contribution in [0.25, 0.3) is 0 Å². The smallest absolute Gasteiger partial charge is 0.256 e. The third kappa shape index (κ3) is 4.31. The van der Waals surface area contributed by atoms with E-state index in [9.17, 15) is 14.9 Å². The standard InChI is InChI=1S/C27H24BrCl2N3O5/c1-3-37-23-11-16(10-20(28)24(23)38-14-15-8-9-17(29)12-21(15)30)18-13-32(2)27(25(18)33(35)36)19-6-4-5-7-22(19)31-26(27)34/h4-12,18,25H,3,13-14H2,1-2H3,(H,31,34)/t18-,25-,27-/m0/s1. The second-order valence-corrected chi connectivity index (χ2v) is 11.0. The topological polar surface area (TPSA) is 93.9 Å². The zero-order chi connectivity index (χ0) is 27.2. The number of anilines is 1. The van der Waals surface area contributed by atoms with Gasteiger partial charge in [-0.2, -0.15) is 0 Å². The van der Waals surface area contributed by atoms with Crippen molar-refractivity contribution in [1.29, 1.82) is 0 Å².